The molecule has 4 rings (SSSR count). The van der Waals surface area contributed by atoms with Crippen molar-refractivity contribution < 1.29 is 14.3 Å². The summed E-state index contributed by atoms with van der Waals surface area (Å²) in [5, 5.41) is 8.78. The highest BCUT2D eigenvalue weighted by Crippen LogP contribution is 2.28. The molecule has 2 aromatic carbocycles. The second-order valence-electron chi connectivity index (χ2n) is 6.87. The van der Waals surface area contributed by atoms with Crippen LogP contribution >= 0.6 is 23.1 Å². The Kier molecular flexibility index (Phi) is 6.61. The lowest BCUT2D eigenvalue weighted by Gasteiger charge is -2.14. The number of nitrogens with zero attached hydrogens (tertiary/aromatic N) is 4. The van der Waals surface area contributed by atoms with Crippen molar-refractivity contribution in [2.45, 2.75) is 30.8 Å². The number of para-hydroxylation sites is 1. The van der Waals surface area contributed by atoms with E-state index < -0.39 is 5.25 Å². The summed E-state index contributed by atoms with van der Waals surface area (Å²) in [6, 6.07) is 15.1. The second kappa shape index (κ2) is 9.58. The molecular formula is C22H22N4O4S2. The number of thioether (sulfide) groups is 1. The molecule has 0 fully saturated rings. The fourth-order valence-electron chi connectivity index (χ4n) is 3.24. The maximum absolute atomic E-state index is 12.7. The number of aromatic nitrogens is 4. The zero-order valence-corrected chi connectivity index (χ0v) is 19.5. The van der Waals surface area contributed by atoms with Gasteiger partial charge in [0.25, 0.3) is 0 Å². The van der Waals surface area contributed by atoms with E-state index in [0.29, 0.717) is 17.6 Å². The Hall–Kier alpha value is -3.11. The molecular weight excluding hydrogens is 448 g/mol. The van der Waals surface area contributed by atoms with Crippen LogP contribution in [-0.4, -0.2) is 44.3 Å². The van der Waals surface area contributed by atoms with Gasteiger partial charge in [-0.1, -0.05) is 35.2 Å². The number of methoxy groups -OCH3 is 1. The minimum atomic E-state index is -0.464. The molecule has 0 bridgehead atoms. The van der Waals surface area contributed by atoms with Gasteiger partial charge >= 0.3 is 10.8 Å². The lowest BCUT2D eigenvalue weighted by Crippen LogP contribution is -2.18. The van der Waals surface area contributed by atoms with Gasteiger partial charge in [0, 0.05) is 5.69 Å². The molecule has 0 spiro atoms. The van der Waals surface area contributed by atoms with Crippen molar-refractivity contribution in [2.24, 2.45) is 0 Å². The number of ether oxygens (including phenoxy) is 2. The molecule has 2 heterocycles. The number of thiazole rings is 1. The van der Waals surface area contributed by atoms with Gasteiger partial charge in [0.1, 0.15) is 11.0 Å². The quantitative estimate of drug-likeness (QED) is 0.286. The van der Waals surface area contributed by atoms with Crippen molar-refractivity contribution in [1.82, 2.24) is 19.3 Å². The van der Waals surface area contributed by atoms with Gasteiger partial charge in [0.15, 0.2) is 11.0 Å². The van der Waals surface area contributed by atoms with Crippen LogP contribution in [0, 0.1) is 0 Å². The summed E-state index contributed by atoms with van der Waals surface area (Å²) in [6.45, 7) is 4.10. The van der Waals surface area contributed by atoms with E-state index in [9.17, 15) is 9.59 Å². The average Bonchev–Trinajstić information content (AvgIpc) is 3.34. The maximum atomic E-state index is 12.7. The van der Waals surface area contributed by atoms with E-state index in [2.05, 4.69) is 10.2 Å². The molecule has 0 unspecified atom stereocenters. The Morgan fingerprint density at radius 2 is 1.91 bits per heavy atom. The van der Waals surface area contributed by atoms with E-state index in [0.717, 1.165) is 21.7 Å². The third-order valence-electron chi connectivity index (χ3n) is 4.80. The predicted octanol–water partition coefficient (Wildman–Crippen LogP) is 3.74. The third kappa shape index (κ3) is 4.42. The van der Waals surface area contributed by atoms with Crippen molar-refractivity contribution >= 4 is 39.3 Å². The zero-order valence-electron chi connectivity index (χ0n) is 17.8. The van der Waals surface area contributed by atoms with Gasteiger partial charge in [-0.15, -0.1) is 10.2 Å². The Labute approximate surface area is 192 Å². The number of hydrogen-bond acceptors (Lipinski definition) is 8. The van der Waals surface area contributed by atoms with E-state index in [1.54, 1.807) is 25.5 Å². The minimum absolute atomic E-state index is 0.0652. The van der Waals surface area contributed by atoms with Crippen LogP contribution in [0.5, 0.6) is 5.75 Å². The van der Waals surface area contributed by atoms with Gasteiger partial charge in [0.2, 0.25) is 0 Å². The standard InChI is InChI=1S/C22H22N4O4S2/c1-4-30-20(27)14(2)31-21-24-23-19(26(21)15-9-11-16(29-3)12-10-15)13-25-17-7-5-6-8-18(17)32-22(25)28/h5-12,14H,4,13H2,1-3H3/t14-/m0/s1. The first-order valence-corrected chi connectivity index (χ1v) is 11.7. The Bertz CT molecular complexity index is 1290. The van der Waals surface area contributed by atoms with Crippen LogP contribution in [0.25, 0.3) is 15.9 Å². The normalized spacial score (nSPS) is 12.1. The predicted molar refractivity (Wildman–Crippen MR) is 125 cm³/mol. The van der Waals surface area contributed by atoms with Gasteiger partial charge < -0.3 is 9.47 Å². The maximum Gasteiger partial charge on any atom is 0.319 e. The van der Waals surface area contributed by atoms with E-state index in [1.807, 2.05) is 53.1 Å². The SMILES string of the molecule is CCOC(=O)[C@H](C)Sc1nnc(Cn2c(=O)sc3ccccc32)n1-c1ccc(OC)cc1. The molecule has 2 aromatic heterocycles. The smallest absolute Gasteiger partial charge is 0.319 e. The highest BCUT2D eigenvalue weighted by atomic mass is 32.2. The average molecular weight is 471 g/mol. The number of fused-ring (bicyclic) bond motifs is 1. The molecule has 0 saturated heterocycles. The van der Waals surface area contributed by atoms with Crippen LogP contribution in [0.3, 0.4) is 0 Å². The molecule has 0 N–H and O–H groups in total. The molecule has 166 valence electrons. The fraction of sp³-hybridized carbons (Fsp3) is 0.273. The lowest BCUT2D eigenvalue weighted by atomic mass is 10.3. The van der Waals surface area contributed by atoms with Crippen LogP contribution < -0.4 is 9.61 Å². The fourth-order valence-corrected chi connectivity index (χ4v) is 5.02. The largest absolute Gasteiger partial charge is 0.497 e. The Morgan fingerprint density at radius 1 is 1.16 bits per heavy atom. The minimum Gasteiger partial charge on any atom is -0.497 e. The van der Waals surface area contributed by atoms with Crippen molar-refractivity contribution in [3.8, 4) is 11.4 Å². The van der Waals surface area contributed by atoms with Gasteiger partial charge in [-0.2, -0.15) is 0 Å². The van der Waals surface area contributed by atoms with Crippen LogP contribution in [-0.2, 0) is 16.1 Å². The summed E-state index contributed by atoms with van der Waals surface area (Å²) in [6.07, 6.45) is 0. The van der Waals surface area contributed by atoms with Crippen molar-refractivity contribution in [1.29, 1.82) is 0 Å². The van der Waals surface area contributed by atoms with Gasteiger partial charge in [-0.25, -0.2) is 0 Å². The van der Waals surface area contributed by atoms with Crippen LogP contribution in [0.15, 0.2) is 58.5 Å². The molecule has 8 nitrogen and oxygen atoms in total. The monoisotopic (exact) mass is 470 g/mol. The molecule has 0 amide bonds. The molecule has 0 saturated carbocycles. The van der Waals surface area contributed by atoms with Crippen LogP contribution in [0.4, 0.5) is 0 Å². The van der Waals surface area contributed by atoms with Crippen molar-refractivity contribution in [3.05, 3.63) is 64.0 Å². The molecule has 0 aliphatic heterocycles. The number of rotatable bonds is 8. The molecule has 0 radical (unpaired) electrons. The number of esters is 1. The first-order valence-electron chi connectivity index (χ1n) is 10.0. The molecule has 0 aliphatic carbocycles. The zero-order chi connectivity index (χ0) is 22.7. The van der Waals surface area contributed by atoms with E-state index in [1.165, 1.54) is 23.1 Å². The summed E-state index contributed by atoms with van der Waals surface area (Å²) in [7, 11) is 1.61. The number of benzene rings is 2. The van der Waals surface area contributed by atoms with Crippen LogP contribution in [0.2, 0.25) is 0 Å². The second-order valence-corrected chi connectivity index (χ2v) is 9.17. The topological polar surface area (TPSA) is 88.2 Å². The molecule has 1 atom stereocenters. The summed E-state index contributed by atoms with van der Waals surface area (Å²) >= 11 is 2.46. The Balaban J connectivity index is 1.76. The molecule has 32 heavy (non-hydrogen) atoms. The summed E-state index contributed by atoms with van der Waals surface area (Å²) < 4.78 is 14.9. The first-order chi connectivity index (χ1) is 15.5. The van der Waals surface area contributed by atoms with Crippen LogP contribution in [0.1, 0.15) is 19.7 Å². The highest BCUT2D eigenvalue weighted by Gasteiger charge is 2.23. The number of carbonyl (C=O) groups excluding carboxylic acids is 1. The molecule has 4 aromatic rings. The van der Waals surface area contributed by atoms with Crippen molar-refractivity contribution in [2.75, 3.05) is 13.7 Å². The lowest BCUT2D eigenvalue weighted by molar-refractivity contribution is -0.142. The summed E-state index contributed by atoms with van der Waals surface area (Å²) in [5.74, 6) is 0.986. The van der Waals surface area contributed by atoms with Gasteiger partial charge in [0.05, 0.1) is 30.5 Å². The molecule has 10 heteroatoms. The number of hydrogen-bond donors (Lipinski definition) is 0. The Morgan fingerprint density at radius 3 is 2.62 bits per heavy atom. The summed E-state index contributed by atoms with van der Waals surface area (Å²) in [5.41, 5.74) is 1.65. The van der Waals surface area contributed by atoms with Crippen molar-refractivity contribution in [3.63, 3.8) is 0 Å². The molecule has 0 aliphatic rings. The number of carbonyl (C=O) groups is 1. The first kappa shape index (κ1) is 22.1. The van der Waals surface area contributed by atoms with E-state index in [4.69, 9.17) is 9.47 Å². The highest BCUT2D eigenvalue weighted by molar-refractivity contribution is 8.00. The van der Waals surface area contributed by atoms with Gasteiger partial charge in [-0.05, 0) is 50.2 Å². The van der Waals surface area contributed by atoms with E-state index in [-0.39, 0.29) is 17.4 Å². The summed E-state index contributed by atoms with van der Waals surface area (Å²) in [4.78, 5) is 24.8. The van der Waals surface area contributed by atoms with E-state index >= 15 is 0 Å². The third-order valence-corrected chi connectivity index (χ3v) is 6.79. The van der Waals surface area contributed by atoms with Gasteiger partial charge in [-0.3, -0.25) is 18.7 Å².